The first-order valence-corrected chi connectivity index (χ1v) is 11.2. The lowest BCUT2D eigenvalue weighted by Gasteiger charge is -2.28. The molecule has 0 aliphatic carbocycles. The van der Waals surface area contributed by atoms with Gasteiger partial charge < -0.3 is 14.5 Å². The molecule has 0 bridgehead atoms. The predicted octanol–water partition coefficient (Wildman–Crippen LogP) is 8.03. The summed E-state index contributed by atoms with van der Waals surface area (Å²) in [4.78, 5) is 8.66. The molecule has 34 heavy (non-hydrogen) atoms. The fourth-order valence-corrected chi connectivity index (χ4v) is 4.02. The number of aromatic nitrogens is 1. The van der Waals surface area contributed by atoms with Crippen molar-refractivity contribution in [2.45, 2.75) is 0 Å². The minimum absolute atomic E-state index is 0.836. The van der Waals surface area contributed by atoms with Crippen LogP contribution in [0, 0.1) is 0 Å². The maximum Gasteiger partial charge on any atom is 0.119 e. The average Bonchev–Trinajstić information content (AvgIpc) is 2.92. The van der Waals surface area contributed by atoms with Gasteiger partial charge in [0.1, 0.15) is 5.75 Å². The Morgan fingerprint density at radius 2 is 0.794 bits per heavy atom. The van der Waals surface area contributed by atoms with Gasteiger partial charge in [-0.25, -0.2) is 0 Å². The number of pyridine rings is 1. The van der Waals surface area contributed by atoms with Crippen molar-refractivity contribution < 1.29 is 4.74 Å². The van der Waals surface area contributed by atoms with Gasteiger partial charge in [-0.05, 0) is 84.9 Å². The Kier molecular flexibility index (Phi) is 6.21. The van der Waals surface area contributed by atoms with E-state index in [1.165, 1.54) is 0 Å². The van der Waals surface area contributed by atoms with Gasteiger partial charge in [0, 0.05) is 46.5 Å². The fraction of sp³-hybridized carbons (Fsp3) is 0.0333. The van der Waals surface area contributed by atoms with Crippen LogP contribution >= 0.6 is 0 Å². The number of methoxy groups -OCH3 is 1. The molecule has 0 radical (unpaired) electrons. The van der Waals surface area contributed by atoms with Crippen LogP contribution in [0.2, 0.25) is 0 Å². The second-order valence-corrected chi connectivity index (χ2v) is 7.76. The summed E-state index contributed by atoms with van der Waals surface area (Å²) >= 11 is 0. The molecule has 5 aromatic rings. The van der Waals surface area contributed by atoms with Crippen LogP contribution in [-0.2, 0) is 0 Å². The minimum Gasteiger partial charge on any atom is -0.497 e. The Labute approximate surface area is 200 Å². The molecule has 0 saturated heterocycles. The average molecular weight is 444 g/mol. The maximum atomic E-state index is 5.36. The van der Waals surface area contributed by atoms with E-state index in [0.29, 0.717) is 0 Å². The fourth-order valence-electron chi connectivity index (χ4n) is 4.02. The summed E-state index contributed by atoms with van der Waals surface area (Å²) in [5.41, 5.74) is 6.45. The van der Waals surface area contributed by atoms with Crippen molar-refractivity contribution in [1.82, 2.24) is 4.98 Å². The molecule has 0 fully saturated rings. The van der Waals surface area contributed by atoms with Gasteiger partial charge in [0.25, 0.3) is 0 Å². The summed E-state index contributed by atoms with van der Waals surface area (Å²) < 4.78 is 5.36. The van der Waals surface area contributed by atoms with Gasteiger partial charge in [-0.3, -0.25) is 4.98 Å². The number of ether oxygens (including phenoxy) is 1. The quantitative estimate of drug-likeness (QED) is 0.254. The third kappa shape index (κ3) is 4.48. The van der Waals surface area contributed by atoms with Crippen LogP contribution in [0.1, 0.15) is 0 Å². The van der Waals surface area contributed by atoms with Crippen LogP contribution in [0.25, 0.3) is 0 Å². The van der Waals surface area contributed by atoms with Crippen molar-refractivity contribution in [3.05, 3.63) is 134 Å². The van der Waals surface area contributed by atoms with E-state index < -0.39 is 0 Å². The highest BCUT2D eigenvalue weighted by molar-refractivity contribution is 5.81. The Morgan fingerprint density at radius 1 is 0.441 bits per heavy atom. The summed E-state index contributed by atoms with van der Waals surface area (Å²) in [6.45, 7) is 0. The third-order valence-electron chi connectivity index (χ3n) is 5.65. The second-order valence-electron chi connectivity index (χ2n) is 7.76. The molecule has 0 amide bonds. The summed E-state index contributed by atoms with van der Waals surface area (Å²) in [5, 5.41) is 0. The van der Waals surface area contributed by atoms with Gasteiger partial charge in [-0.2, -0.15) is 0 Å². The molecule has 4 nitrogen and oxygen atoms in total. The van der Waals surface area contributed by atoms with Crippen LogP contribution in [0.3, 0.4) is 0 Å². The number of para-hydroxylation sites is 2. The van der Waals surface area contributed by atoms with E-state index in [0.717, 1.165) is 39.9 Å². The molecule has 5 rings (SSSR count). The monoisotopic (exact) mass is 443 g/mol. The highest BCUT2D eigenvalue weighted by Crippen LogP contribution is 2.38. The maximum absolute atomic E-state index is 5.36. The normalized spacial score (nSPS) is 10.5. The molecule has 0 aliphatic heterocycles. The third-order valence-corrected chi connectivity index (χ3v) is 5.65. The standard InChI is InChI=1S/C30H25N3O/c1-34-30-18-16-28(17-19-30)32(24-8-4-2-5-9-24)26-12-14-27(15-13-26)33(25-10-6-3-7-11-25)29-20-22-31-23-21-29/h2-23H,1H3. The molecule has 1 heterocycles. The molecule has 0 spiro atoms. The van der Waals surface area contributed by atoms with Crippen LogP contribution in [-0.4, -0.2) is 12.1 Å². The van der Waals surface area contributed by atoms with E-state index in [1.54, 1.807) is 7.11 Å². The first-order chi connectivity index (χ1) is 16.8. The minimum atomic E-state index is 0.836. The van der Waals surface area contributed by atoms with E-state index in [9.17, 15) is 0 Å². The molecule has 166 valence electrons. The molecular formula is C30H25N3O. The molecular weight excluding hydrogens is 418 g/mol. The lowest BCUT2D eigenvalue weighted by atomic mass is 10.1. The second kappa shape index (κ2) is 9.92. The number of rotatable bonds is 7. The summed E-state index contributed by atoms with van der Waals surface area (Å²) in [6.07, 6.45) is 3.64. The first kappa shape index (κ1) is 21.3. The van der Waals surface area contributed by atoms with Crippen molar-refractivity contribution in [1.29, 1.82) is 0 Å². The van der Waals surface area contributed by atoms with Crippen LogP contribution in [0.5, 0.6) is 5.75 Å². The largest absolute Gasteiger partial charge is 0.497 e. The zero-order chi connectivity index (χ0) is 23.2. The number of nitrogens with zero attached hydrogens (tertiary/aromatic N) is 3. The van der Waals surface area contributed by atoms with E-state index >= 15 is 0 Å². The van der Waals surface area contributed by atoms with Crippen molar-refractivity contribution in [2.75, 3.05) is 16.9 Å². The van der Waals surface area contributed by atoms with Gasteiger partial charge in [-0.15, -0.1) is 0 Å². The Bertz CT molecular complexity index is 1270. The van der Waals surface area contributed by atoms with Gasteiger partial charge in [0.15, 0.2) is 0 Å². The van der Waals surface area contributed by atoms with Crippen LogP contribution in [0.15, 0.2) is 134 Å². The van der Waals surface area contributed by atoms with Gasteiger partial charge in [0.05, 0.1) is 7.11 Å². The number of hydrogen-bond donors (Lipinski definition) is 0. The Balaban J connectivity index is 1.56. The van der Waals surface area contributed by atoms with Crippen molar-refractivity contribution in [2.24, 2.45) is 0 Å². The predicted molar refractivity (Wildman–Crippen MR) is 140 cm³/mol. The summed E-state index contributed by atoms with van der Waals surface area (Å²) in [5.74, 6) is 0.836. The van der Waals surface area contributed by atoms with E-state index in [1.807, 2.05) is 48.8 Å². The molecule has 0 unspecified atom stereocenters. The zero-order valence-corrected chi connectivity index (χ0v) is 19.0. The smallest absolute Gasteiger partial charge is 0.119 e. The summed E-state index contributed by atoms with van der Waals surface area (Å²) in [6, 6.07) is 41.5. The Hall–Kier alpha value is -4.57. The lowest BCUT2D eigenvalue weighted by molar-refractivity contribution is 0.415. The highest BCUT2D eigenvalue weighted by atomic mass is 16.5. The van der Waals surface area contributed by atoms with Gasteiger partial charge >= 0.3 is 0 Å². The lowest BCUT2D eigenvalue weighted by Crippen LogP contribution is -2.12. The van der Waals surface area contributed by atoms with Crippen molar-refractivity contribution >= 4 is 34.1 Å². The molecule has 0 atom stereocenters. The highest BCUT2D eigenvalue weighted by Gasteiger charge is 2.15. The SMILES string of the molecule is COc1ccc(N(c2ccccc2)c2ccc(N(c3ccccc3)c3ccncc3)cc2)cc1. The molecule has 0 saturated carbocycles. The number of anilines is 6. The van der Waals surface area contributed by atoms with E-state index in [4.69, 9.17) is 4.74 Å². The van der Waals surface area contributed by atoms with Crippen molar-refractivity contribution in [3.8, 4) is 5.75 Å². The van der Waals surface area contributed by atoms with Crippen LogP contribution in [0.4, 0.5) is 34.1 Å². The van der Waals surface area contributed by atoms with E-state index in [2.05, 4.69) is 99.7 Å². The van der Waals surface area contributed by atoms with E-state index in [-0.39, 0.29) is 0 Å². The van der Waals surface area contributed by atoms with Crippen LogP contribution < -0.4 is 14.5 Å². The summed E-state index contributed by atoms with van der Waals surface area (Å²) in [7, 11) is 1.68. The van der Waals surface area contributed by atoms with Crippen molar-refractivity contribution in [3.63, 3.8) is 0 Å². The zero-order valence-electron chi connectivity index (χ0n) is 19.0. The van der Waals surface area contributed by atoms with Gasteiger partial charge in [-0.1, -0.05) is 36.4 Å². The Morgan fingerprint density at radius 3 is 1.21 bits per heavy atom. The number of benzene rings is 4. The molecule has 4 aromatic carbocycles. The number of hydrogen-bond acceptors (Lipinski definition) is 4. The molecule has 0 N–H and O–H groups in total. The molecule has 1 aromatic heterocycles. The molecule has 0 aliphatic rings. The topological polar surface area (TPSA) is 28.6 Å². The van der Waals surface area contributed by atoms with Gasteiger partial charge in [0.2, 0.25) is 0 Å². The first-order valence-electron chi connectivity index (χ1n) is 11.2. The molecule has 4 heteroatoms.